The molecule has 1 aromatic heterocycles. The second kappa shape index (κ2) is 6.30. The first kappa shape index (κ1) is 14.1. The Hall–Kier alpha value is -2.82. The first-order valence-electron chi connectivity index (χ1n) is 7.10. The molecule has 0 fully saturated rings. The fourth-order valence-electron chi connectivity index (χ4n) is 2.29. The molecule has 5 nitrogen and oxygen atoms in total. The Morgan fingerprint density at radius 2 is 2.05 bits per heavy atom. The summed E-state index contributed by atoms with van der Waals surface area (Å²) in [4.78, 5) is 19.2. The summed E-state index contributed by atoms with van der Waals surface area (Å²) in [5.41, 5.74) is 3.82. The summed E-state index contributed by atoms with van der Waals surface area (Å²) in [7, 11) is 1.62. The Morgan fingerprint density at radius 1 is 1.23 bits per heavy atom. The lowest BCUT2D eigenvalue weighted by molar-refractivity contribution is -0.116. The average molecular weight is 295 g/mol. The lowest BCUT2D eigenvalue weighted by Crippen LogP contribution is -2.12. The van der Waals surface area contributed by atoms with Crippen LogP contribution >= 0.6 is 0 Å². The molecule has 3 aromatic rings. The van der Waals surface area contributed by atoms with Crippen LogP contribution in [0.2, 0.25) is 0 Å². The minimum Gasteiger partial charge on any atom is -0.497 e. The predicted octanol–water partition coefficient (Wildman–Crippen LogP) is 3.14. The molecule has 1 amide bonds. The van der Waals surface area contributed by atoms with Crippen molar-refractivity contribution in [3.8, 4) is 5.75 Å². The van der Waals surface area contributed by atoms with Crippen LogP contribution in [-0.2, 0) is 11.2 Å². The van der Waals surface area contributed by atoms with Crippen molar-refractivity contribution in [3.63, 3.8) is 0 Å². The number of aromatic nitrogens is 2. The standard InChI is InChI=1S/C17H17N3O2/c1-22-14-6-4-13(5-7-14)20-17(21)9-3-12-2-8-15-16(10-12)19-11-18-15/h2,4-8,10-11H,3,9H2,1H3,(H,18,19)(H,20,21). The fourth-order valence-corrected chi connectivity index (χ4v) is 2.29. The number of ether oxygens (including phenoxy) is 1. The minimum atomic E-state index is -0.00475. The number of rotatable bonds is 5. The summed E-state index contributed by atoms with van der Waals surface area (Å²) in [5, 5.41) is 2.88. The van der Waals surface area contributed by atoms with Gasteiger partial charge in [-0.2, -0.15) is 0 Å². The van der Waals surface area contributed by atoms with Gasteiger partial charge in [0.05, 0.1) is 24.5 Å². The highest BCUT2D eigenvalue weighted by Gasteiger charge is 2.05. The third kappa shape index (κ3) is 3.25. The van der Waals surface area contributed by atoms with Crippen LogP contribution in [-0.4, -0.2) is 23.0 Å². The maximum atomic E-state index is 12.0. The van der Waals surface area contributed by atoms with Crippen LogP contribution in [0, 0.1) is 0 Å². The van der Waals surface area contributed by atoms with E-state index in [4.69, 9.17) is 4.74 Å². The number of imidazole rings is 1. The molecular weight excluding hydrogens is 278 g/mol. The van der Waals surface area contributed by atoms with Gasteiger partial charge in [0.1, 0.15) is 5.75 Å². The van der Waals surface area contributed by atoms with E-state index in [0.29, 0.717) is 12.8 Å². The van der Waals surface area contributed by atoms with Gasteiger partial charge in [-0.1, -0.05) is 6.07 Å². The van der Waals surface area contributed by atoms with Crippen LogP contribution in [0.5, 0.6) is 5.75 Å². The number of aromatic amines is 1. The van der Waals surface area contributed by atoms with Gasteiger partial charge in [0, 0.05) is 12.1 Å². The molecule has 0 bridgehead atoms. The van der Waals surface area contributed by atoms with Crippen molar-refractivity contribution in [2.75, 3.05) is 12.4 Å². The number of carbonyl (C=O) groups excluding carboxylic acids is 1. The zero-order valence-electron chi connectivity index (χ0n) is 12.3. The zero-order chi connectivity index (χ0) is 15.4. The summed E-state index contributed by atoms with van der Waals surface area (Å²) < 4.78 is 5.09. The van der Waals surface area contributed by atoms with E-state index in [-0.39, 0.29) is 5.91 Å². The SMILES string of the molecule is COc1ccc(NC(=O)CCc2ccc3nc[nH]c3c2)cc1. The highest BCUT2D eigenvalue weighted by atomic mass is 16.5. The number of fused-ring (bicyclic) bond motifs is 1. The second-order valence-corrected chi connectivity index (χ2v) is 5.03. The number of H-pyrrole nitrogens is 1. The molecule has 5 heteroatoms. The topological polar surface area (TPSA) is 67.0 Å². The normalized spacial score (nSPS) is 10.6. The van der Waals surface area contributed by atoms with Crippen molar-refractivity contribution in [3.05, 3.63) is 54.4 Å². The van der Waals surface area contributed by atoms with Crippen LogP contribution in [0.4, 0.5) is 5.69 Å². The van der Waals surface area contributed by atoms with Crippen molar-refractivity contribution >= 4 is 22.6 Å². The summed E-state index contributed by atoms with van der Waals surface area (Å²) in [6.45, 7) is 0. The molecule has 0 saturated carbocycles. The van der Waals surface area contributed by atoms with Gasteiger partial charge in [-0.05, 0) is 48.4 Å². The molecule has 0 unspecified atom stereocenters. The third-order valence-electron chi connectivity index (χ3n) is 3.50. The molecule has 2 aromatic carbocycles. The number of nitrogens with one attached hydrogen (secondary N) is 2. The maximum absolute atomic E-state index is 12.0. The van der Waals surface area contributed by atoms with Gasteiger partial charge in [-0.25, -0.2) is 4.98 Å². The van der Waals surface area contributed by atoms with Crippen LogP contribution in [0.1, 0.15) is 12.0 Å². The van der Waals surface area contributed by atoms with Crippen LogP contribution in [0.15, 0.2) is 48.8 Å². The van der Waals surface area contributed by atoms with Crippen LogP contribution in [0.25, 0.3) is 11.0 Å². The molecule has 1 heterocycles. The van der Waals surface area contributed by atoms with E-state index in [0.717, 1.165) is 28.0 Å². The number of methoxy groups -OCH3 is 1. The minimum absolute atomic E-state index is 0.00475. The lowest BCUT2D eigenvalue weighted by Gasteiger charge is -2.06. The van der Waals surface area contributed by atoms with Gasteiger partial charge < -0.3 is 15.0 Å². The quantitative estimate of drug-likeness (QED) is 0.760. The molecule has 0 saturated heterocycles. The van der Waals surface area contributed by atoms with E-state index in [1.165, 1.54) is 0 Å². The Labute approximate surface area is 128 Å². The van der Waals surface area contributed by atoms with E-state index in [2.05, 4.69) is 15.3 Å². The van der Waals surface area contributed by atoms with Gasteiger partial charge in [0.15, 0.2) is 0 Å². The number of aryl methyl sites for hydroxylation is 1. The van der Waals surface area contributed by atoms with Gasteiger partial charge >= 0.3 is 0 Å². The van der Waals surface area contributed by atoms with Gasteiger partial charge in [-0.3, -0.25) is 4.79 Å². The molecule has 0 aliphatic heterocycles. The van der Waals surface area contributed by atoms with Crippen molar-refractivity contribution in [1.82, 2.24) is 9.97 Å². The highest BCUT2D eigenvalue weighted by molar-refractivity contribution is 5.91. The third-order valence-corrected chi connectivity index (χ3v) is 3.50. The van der Waals surface area contributed by atoms with Gasteiger partial charge in [-0.15, -0.1) is 0 Å². The van der Waals surface area contributed by atoms with Crippen LogP contribution in [0.3, 0.4) is 0 Å². The molecule has 0 spiro atoms. The number of nitrogens with zero attached hydrogens (tertiary/aromatic N) is 1. The number of hydrogen-bond acceptors (Lipinski definition) is 3. The Morgan fingerprint density at radius 3 is 2.82 bits per heavy atom. The van der Waals surface area contributed by atoms with E-state index >= 15 is 0 Å². The molecular formula is C17H17N3O2. The zero-order valence-corrected chi connectivity index (χ0v) is 12.3. The molecule has 2 N–H and O–H groups in total. The largest absolute Gasteiger partial charge is 0.497 e. The summed E-state index contributed by atoms with van der Waals surface area (Å²) >= 11 is 0. The second-order valence-electron chi connectivity index (χ2n) is 5.03. The summed E-state index contributed by atoms with van der Waals surface area (Å²) in [5.74, 6) is 0.765. The van der Waals surface area contributed by atoms with E-state index in [9.17, 15) is 4.79 Å². The molecule has 0 atom stereocenters. The Balaban J connectivity index is 1.56. The van der Waals surface area contributed by atoms with Crippen molar-refractivity contribution in [2.24, 2.45) is 0 Å². The first-order chi connectivity index (χ1) is 10.7. The average Bonchev–Trinajstić information content (AvgIpc) is 3.01. The van der Waals surface area contributed by atoms with Crippen molar-refractivity contribution in [1.29, 1.82) is 0 Å². The molecule has 0 aliphatic rings. The number of anilines is 1. The first-order valence-corrected chi connectivity index (χ1v) is 7.10. The molecule has 0 radical (unpaired) electrons. The van der Waals surface area contributed by atoms with E-state index < -0.39 is 0 Å². The number of benzene rings is 2. The van der Waals surface area contributed by atoms with Gasteiger partial charge in [0.2, 0.25) is 5.91 Å². The molecule has 0 aliphatic carbocycles. The monoisotopic (exact) mass is 295 g/mol. The molecule has 3 rings (SSSR count). The summed E-state index contributed by atoms with van der Waals surface area (Å²) in [6, 6.07) is 13.3. The fraction of sp³-hybridized carbons (Fsp3) is 0.176. The van der Waals surface area contributed by atoms with Crippen molar-refractivity contribution in [2.45, 2.75) is 12.8 Å². The Bertz CT molecular complexity index is 778. The molecule has 22 heavy (non-hydrogen) atoms. The van der Waals surface area contributed by atoms with Gasteiger partial charge in [0.25, 0.3) is 0 Å². The smallest absolute Gasteiger partial charge is 0.224 e. The number of carbonyl (C=O) groups is 1. The Kier molecular flexibility index (Phi) is 4.05. The highest BCUT2D eigenvalue weighted by Crippen LogP contribution is 2.16. The number of amides is 1. The molecule has 112 valence electrons. The summed E-state index contributed by atoms with van der Waals surface area (Å²) in [6.07, 6.45) is 2.80. The van der Waals surface area contributed by atoms with Crippen LogP contribution < -0.4 is 10.1 Å². The van der Waals surface area contributed by atoms with Crippen molar-refractivity contribution < 1.29 is 9.53 Å². The van der Waals surface area contributed by atoms with E-state index in [1.54, 1.807) is 13.4 Å². The predicted molar refractivity (Wildman–Crippen MR) is 86.0 cm³/mol. The lowest BCUT2D eigenvalue weighted by atomic mass is 10.1. The maximum Gasteiger partial charge on any atom is 0.224 e. The van der Waals surface area contributed by atoms with E-state index in [1.807, 2.05) is 42.5 Å². The number of hydrogen-bond donors (Lipinski definition) is 2.